The van der Waals surface area contributed by atoms with Crippen molar-refractivity contribution in [1.82, 2.24) is 10.3 Å². The third-order valence-electron chi connectivity index (χ3n) is 2.98. The molecule has 0 fully saturated rings. The van der Waals surface area contributed by atoms with E-state index in [2.05, 4.69) is 17.2 Å². The second kappa shape index (κ2) is 5.77. The Morgan fingerprint density at radius 3 is 2.82 bits per heavy atom. The Morgan fingerprint density at radius 2 is 2.35 bits per heavy atom. The number of nitrogens with one attached hydrogen (secondary N) is 1. The van der Waals surface area contributed by atoms with Crippen LogP contribution in [0.4, 0.5) is 0 Å². The van der Waals surface area contributed by atoms with Gasteiger partial charge in [0.1, 0.15) is 5.54 Å². The molecule has 0 bridgehead atoms. The summed E-state index contributed by atoms with van der Waals surface area (Å²) in [4.78, 5) is 16.0. The fourth-order valence-corrected chi connectivity index (χ4v) is 1.72. The van der Waals surface area contributed by atoms with Gasteiger partial charge in [-0.2, -0.15) is 0 Å². The Bertz CT molecular complexity index is 367. The lowest BCUT2D eigenvalue weighted by Gasteiger charge is -2.31. The monoisotopic (exact) mass is 236 g/mol. The van der Waals surface area contributed by atoms with Crippen molar-refractivity contribution in [3.8, 4) is 0 Å². The molecule has 4 heteroatoms. The number of nitrogens with zero attached hydrogens (tertiary/aromatic N) is 1. The van der Waals surface area contributed by atoms with Gasteiger partial charge in [-0.15, -0.1) is 0 Å². The lowest BCUT2D eigenvalue weighted by atomic mass is 9.92. The van der Waals surface area contributed by atoms with Crippen molar-refractivity contribution in [2.24, 2.45) is 0 Å². The maximum Gasteiger partial charge on any atom is 0.330 e. The topological polar surface area (TPSA) is 51.2 Å². The normalized spacial score (nSPS) is 16.0. The van der Waals surface area contributed by atoms with E-state index in [-0.39, 0.29) is 12.0 Å². The Morgan fingerprint density at radius 1 is 1.65 bits per heavy atom. The Hall–Kier alpha value is -1.42. The second-order valence-electron chi connectivity index (χ2n) is 4.31. The van der Waals surface area contributed by atoms with Crippen LogP contribution in [-0.2, 0) is 15.1 Å². The molecule has 0 aromatic carbocycles. The van der Waals surface area contributed by atoms with Crippen LogP contribution >= 0.6 is 0 Å². The molecule has 17 heavy (non-hydrogen) atoms. The summed E-state index contributed by atoms with van der Waals surface area (Å²) < 4.78 is 4.89. The van der Waals surface area contributed by atoms with Crippen molar-refractivity contribution in [3.05, 3.63) is 30.1 Å². The molecule has 0 saturated carbocycles. The zero-order valence-corrected chi connectivity index (χ0v) is 10.9. The zero-order chi connectivity index (χ0) is 12.9. The number of methoxy groups -OCH3 is 1. The Kier molecular flexibility index (Phi) is 4.63. The van der Waals surface area contributed by atoms with Crippen molar-refractivity contribution in [3.63, 3.8) is 0 Å². The predicted molar refractivity (Wildman–Crippen MR) is 66.5 cm³/mol. The molecular formula is C13H20N2O2. The van der Waals surface area contributed by atoms with Crippen LogP contribution in [0, 0.1) is 0 Å². The average Bonchev–Trinajstić information content (AvgIpc) is 2.38. The van der Waals surface area contributed by atoms with Crippen molar-refractivity contribution >= 4 is 5.97 Å². The number of ether oxygens (including phenoxy) is 1. The molecule has 1 rings (SSSR count). The number of aromatic nitrogens is 1. The van der Waals surface area contributed by atoms with Crippen LogP contribution in [0.5, 0.6) is 0 Å². The predicted octanol–water partition coefficient (Wildman–Crippen LogP) is 1.86. The van der Waals surface area contributed by atoms with Crippen LogP contribution in [-0.4, -0.2) is 24.1 Å². The van der Waals surface area contributed by atoms with E-state index in [4.69, 9.17) is 4.74 Å². The van der Waals surface area contributed by atoms with Crippen molar-refractivity contribution in [2.45, 2.75) is 38.8 Å². The number of hydrogen-bond donors (Lipinski definition) is 1. The number of carbonyl (C=O) groups excluding carboxylic acids is 1. The highest BCUT2D eigenvalue weighted by Gasteiger charge is 2.37. The molecular weight excluding hydrogens is 216 g/mol. The summed E-state index contributed by atoms with van der Waals surface area (Å²) in [7, 11) is 1.40. The van der Waals surface area contributed by atoms with Gasteiger partial charge in [-0.1, -0.05) is 13.0 Å². The SMILES string of the molecule is CCC(C)NC(C)(C(=O)OC)c1cccnc1. The third-order valence-corrected chi connectivity index (χ3v) is 2.98. The number of pyridine rings is 1. The third kappa shape index (κ3) is 3.03. The first kappa shape index (κ1) is 13.6. The van der Waals surface area contributed by atoms with E-state index in [1.165, 1.54) is 7.11 Å². The summed E-state index contributed by atoms with van der Waals surface area (Å²) in [6, 6.07) is 3.91. The molecule has 0 aliphatic heterocycles. The van der Waals surface area contributed by atoms with Crippen molar-refractivity contribution in [2.75, 3.05) is 7.11 Å². The fourth-order valence-electron chi connectivity index (χ4n) is 1.72. The van der Waals surface area contributed by atoms with Gasteiger partial charge in [0.2, 0.25) is 0 Å². The van der Waals surface area contributed by atoms with Gasteiger partial charge >= 0.3 is 5.97 Å². The minimum atomic E-state index is -0.849. The summed E-state index contributed by atoms with van der Waals surface area (Å²) in [6.07, 6.45) is 4.31. The van der Waals surface area contributed by atoms with Gasteiger partial charge in [0, 0.05) is 24.0 Å². The molecule has 4 nitrogen and oxygen atoms in total. The summed E-state index contributed by atoms with van der Waals surface area (Å²) in [5, 5.41) is 3.30. The first-order chi connectivity index (χ1) is 8.04. The van der Waals surface area contributed by atoms with E-state index in [1.807, 2.05) is 26.0 Å². The summed E-state index contributed by atoms with van der Waals surface area (Å²) in [5.74, 6) is -0.300. The minimum Gasteiger partial charge on any atom is -0.467 e. The largest absolute Gasteiger partial charge is 0.467 e. The first-order valence-electron chi connectivity index (χ1n) is 5.81. The van der Waals surface area contributed by atoms with Gasteiger partial charge in [0.25, 0.3) is 0 Å². The highest BCUT2D eigenvalue weighted by atomic mass is 16.5. The lowest BCUT2D eigenvalue weighted by molar-refractivity contribution is -0.148. The quantitative estimate of drug-likeness (QED) is 0.793. The molecule has 0 saturated heterocycles. The molecule has 1 aromatic heterocycles. The van der Waals surface area contributed by atoms with Gasteiger partial charge in [-0.3, -0.25) is 10.3 Å². The van der Waals surface area contributed by atoms with E-state index >= 15 is 0 Å². The minimum absolute atomic E-state index is 0.222. The van der Waals surface area contributed by atoms with E-state index in [0.717, 1.165) is 12.0 Å². The van der Waals surface area contributed by atoms with Gasteiger partial charge in [-0.05, 0) is 26.3 Å². The molecule has 0 radical (unpaired) electrons. The molecule has 0 aliphatic rings. The summed E-state index contributed by atoms with van der Waals surface area (Å²) in [5.41, 5.74) is -0.0366. The van der Waals surface area contributed by atoms with Crippen molar-refractivity contribution in [1.29, 1.82) is 0 Å². The fraction of sp³-hybridized carbons (Fsp3) is 0.538. The van der Waals surface area contributed by atoms with E-state index < -0.39 is 5.54 Å². The molecule has 0 spiro atoms. The molecule has 0 aliphatic carbocycles. The zero-order valence-electron chi connectivity index (χ0n) is 10.9. The van der Waals surface area contributed by atoms with Gasteiger partial charge in [0.05, 0.1) is 7.11 Å². The van der Waals surface area contributed by atoms with Crippen molar-refractivity contribution < 1.29 is 9.53 Å². The summed E-state index contributed by atoms with van der Waals surface area (Å²) >= 11 is 0. The molecule has 1 N–H and O–H groups in total. The van der Waals surface area contributed by atoms with E-state index in [0.29, 0.717) is 0 Å². The Balaban J connectivity index is 3.06. The van der Waals surface area contributed by atoms with Gasteiger partial charge < -0.3 is 4.74 Å². The molecule has 1 aromatic rings. The highest BCUT2D eigenvalue weighted by molar-refractivity contribution is 5.82. The molecule has 94 valence electrons. The van der Waals surface area contributed by atoms with Crippen LogP contribution in [0.3, 0.4) is 0 Å². The molecule has 2 unspecified atom stereocenters. The second-order valence-corrected chi connectivity index (χ2v) is 4.31. The summed E-state index contributed by atoms with van der Waals surface area (Å²) in [6.45, 7) is 5.93. The molecule has 1 heterocycles. The molecule has 0 amide bonds. The number of carbonyl (C=O) groups is 1. The highest BCUT2D eigenvalue weighted by Crippen LogP contribution is 2.22. The van der Waals surface area contributed by atoms with E-state index in [9.17, 15) is 4.79 Å². The van der Waals surface area contributed by atoms with Crippen LogP contribution in [0.2, 0.25) is 0 Å². The number of hydrogen-bond acceptors (Lipinski definition) is 4. The van der Waals surface area contributed by atoms with Gasteiger partial charge in [-0.25, -0.2) is 4.79 Å². The number of esters is 1. The van der Waals surface area contributed by atoms with E-state index in [1.54, 1.807) is 12.4 Å². The van der Waals surface area contributed by atoms with Crippen LogP contribution < -0.4 is 5.32 Å². The average molecular weight is 236 g/mol. The van der Waals surface area contributed by atoms with Crippen LogP contribution in [0.1, 0.15) is 32.8 Å². The molecule has 2 atom stereocenters. The standard InChI is InChI=1S/C13H20N2O2/c1-5-10(2)15-13(3,12(16)17-4)11-7-6-8-14-9-11/h6-10,15H,5H2,1-4H3. The van der Waals surface area contributed by atoms with Gasteiger partial charge in [0.15, 0.2) is 0 Å². The maximum absolute atomic E-state index is 12.0. The van der Waals surface area contributed by atoms with Crippen LogP contribution in [0.15, 0.2) is 24.5 Å². The Labute approximate surface area is 102 Å². The maximum atomic E-state index is 12.0. The van der Waals surface area contributed by atoms with Crippen LogP contribution in [0.25, 0.3) is 0 Å². The first-order valence-corrected chi connectivity index (χ1v) is 5.81. The smallest absolute Gasteiger partial charge is 0.330 e. The lowest BCUT2D eigenvalue weighted by Crippen LogP contribution is -2.51. The number of rotatable bonds is 5.